The molecule has 2 saturated carbocycles. The molecule has 286 valence electrons. The molecule has 0 bridgehead atoms. The number of carbonyl (C=O) groups excluding carboxylic acids is 2. The standard InChI is InChI=1S/C19H23F4NO2.C19H21F4NO2/c2*1-17(2,3)26-16(25)24-10-18(11-24)8-12(9-18)6-13-4-5-14(7-15(13)20)19(21,22)23/h4-5,7,12H,6,8-11H2,1-3H3;4-7H,8-11H2,1-3H3. The molecule has 2 aromatic rings. The zero-order valence-corrected chi connectivity index (χ0v) is 30.0. The Labute approximate surface area is 298 Å². The smallest absolute Gasteiger partial charge is 0.416 e. The van der Waals surface area contributed by atoms with Crippen molar-refractivity contribution in [1.29, 1.82) is 0 Å². The third-order valence-electron chi connectivity index (χ3n) is 9.63. The van der Waals surface area contributed by atoms with Gasteiger partial charge >= 0.3 is 24.5 Å². The number of ether oxygens (including phenoxy) is 2. The van der Waals surface area contributed by atoms with Crippen molar-refractivity contribution in [2.45, 2.75) is 97.2 Å². The number of benzene rings is 2. The number of nitrogens with zero attached hydrogens (tertiary/aromatic N) is 2. The molecule has 2 aliphatic carbocycles. The summed E-state index contributed by atoms with van der Waals surface area (Å²) in [4.78, 5) is 27.2. The van der Waals surface area contributed by atoms with Crippen LogP contribution in [0, 0.1) is 28.4 Å². The molecule has 2 heterocycles. The second kappa shape index (κ2) is 13.5. The van der Waals surface area contributed by atoms with Crippen molar-refractivity contribution in [2.24, 2.45) is 16.7 Å². The van der Waals surface area contributed by atoms with Gasteiger partial charge in [-0.15, -0.1) is 0 Å². The molecule has 4 fully saturated rings. The van der Waals surface area contributed by atoms with Crippen LogP contribution in [0.4, 0.5) is 44.7 Å². The maximum atomic E-state index is 13.9. The lowest BCUT2D eigenvalue weighted by atomic mass is 9.56. The van der Waals surface area contributed by atoms with Gasteiger partial charge in [0.1, 0.15) is 22.8 Å². The summed E-state index contributed by atoms with van der Waals surface area (Å²) in [6, 6.07) is 5.30. The van der Waals surface area contributed by atoms with Crippen LogP contribution in [-0.2, 0) is 28.2 Å². The number of likely N-dealkylation sites (tertiary alicyclic amines) is 2. The van der Waals surface area contributed by atoms with Crippen molar-refractivity contribution >= 4 is 18.3 Å². The van der Waals surface area contributed by atoms with E-state index in [1.54, 1.807) is 15.9 Å². The fourth-order valence-corrected chi connectivity index (χ4v) is 7.48. The molecule has 0 radical (unpaired) electrons. The van der Waals surface area contributed by atoms with E-state index in [1.807, 2.05) is 41.5 Å². The molecule has 4 aliphatic rings. The van der Waals surface area contributed by atoms with Gasteiger partial charge in [-0.05, 0) is 109 Å². The average Bonchev–Trinajstić information content (AvgIpc) is 2.88. The lowest BCUT2D eigenvalue weighted by Crippen LogP contribution is -2.64. The second-order valence-corrected chi connectivity index (χ2v) is 16.8. The number of hydrogen-bond donors (Lipinski definition) is 0. The number of allylic oxidation sites excluding steroid dienone is 1. The predicted molar refractivity (Wildman–Crippen MR) is 177 cm³/mol. The highest BCUT2D eigenvalue weighted by Gasteiger charge is 2.54. The van der Waals surface area contributed by atoms with Crippen LogP contribution in [0.15, 0.2) is 42.0 Å². The summed E-state index contributed by atoms with van der Waals surface area (Å²) in [5.74, 6) is -1.44. The fraction of sp³-hybridized carbons (Fsp3) is 0.579. The minimum absolute atomic E-state index is 0.00508. The van der Waals surface area contributed by atoms with Gasteiger partial charge in [-0.2, -0.15) is 26.3 Å². The van der Waals surface area contributed by atoms with Crippen molar-refractivity contribution in [1.82, 2.24) is 9.80 Å². The molecule has 0 N–H and O–H groups in total. The van der Waals surface area contributed by atoms with Crippen molar-refractivity contribution < 1.29 is 54.2 Å². The highest BCUT2D eigenvalue weighted by atomic mass is 19.4. The van der Waals surface area contributed by atoms with Gasteiger partial charge in [0.2, 0.25) is 0 Å². The lowest BCUT2D eigenvalue weighted by Gasteiger charge is -2.59. The summed E-state index contributed by atoms with van der Waals surface area (Å²) in [6.45, 7) is 13.3. The lowest BCUT2D eigenvalue weighted by molar-refractivity contribution is -0.138. The zero-order chi connectivity index (χ0) is 38.7. The maximum Gasteiger partial charge on any atom is 0.416 e. The van der Waals surface area contributed by atoms with Crippen LogP contribution in [0.25, 0.3) is 6.08 Å². The topological polar surface area (TPSA) is 59.1 Å². The normalized spacial score (nSPS) is 19.5. The molecule has 2 aliphatic heterocycles. The number of rotatable bonds is 3. The Balaban J connectivity index is 0.000000201. The summed E-state index contributed by atoms with van der Waals surface area (Å²) in [6.07, 6.45) is -4.57. The van der Waals surface area contributed by atoms with Crippen LogP contribution in [-0.4, -0.2) is 59.4 Å². The summed E-state index contributed by atoms with van der Waals surface area (Å²) in [5, 5.41) is 0. The van der Waals surface area contributed by atoms with Crippen molar-refractivity contribution in [3.63, 3.8) is 0 Å². The van der Waals surface area contributed by atoms with Crippen molar-refractivity contribution in [3.8, 4) is 0 Å². The minimum atomic E-state index is -4.55. The Morgan fingerprint density at radius 2 is 1.15 bits per heavy atom. The SMILES string of the molecule is CC(C)(C)OC(=O)N1CC2(CC(=Cc3ccc(C(F)(F)F)cc3F)C2)C1.CC(C)(C)OC(=O)N1CC2(CC(Cc3ccc(C(F)(F)F)cc3F)C2)C1. The largest absolute Gasteiger partial charge is 0.444 e. The van der Waals surface area contributed by atoms with Gasteiger partial charge < -0.3 is 19.3 Å². The minimum Gasteiger partial charge on any atom is -0.444 e. The molecule has 2 aromatic carbocycles. The van der Waals surface area contributed by atoms with Gasteiger partial charge in [-0.1, -0.05) is 23.8 Å². The quantitative estimate of drug-likeness (QED) is 0.294. The van der Waals surface area contributed by atoms with Gasteiger partial charge in [-0.3, -0.25) is 0 Å². The van der Waals surface area contributed by atoms with E-state index in [1.165, 1.54) is 6.07 Å². The molecule has 2 amide bonds. The predicted octanol–water partition coefficient (Wildman–Crippen LogP) is 10.3. The average molecular weight is 745 g/mol. The zero-order valence-electron chi connectivity index (χ0n) is 30.0. The third kappa shape index (κ3) is 9.38. The molecule has 0 aromatic heterocycles. The molecular weight excluding hydrogens is 700 g/mol. The first-order valence-corrected chi connectivity index (χ1v) is 17.1. The molecule has 2 saturated heterocycles. The molecule has 14 heteroatoms. The summed E-state index contributed by atoms with van der Waals surface area (Å²) in [7, 11) is 0. The van der Waals surface area contributed by atoms with E-state index in [4.69, 9.17) is 9.47 Å². The van der Waals surface area contributed by atoms with Crippen LogP contribution in [0.2, 0.25) is 0 Å². The van der Waals surface area contributed by atoms with Gasteiger partial charge in [0, 0.05) is 42.6 Å². The number of alkyl halides is 6. The summed E-state index contributed by atoms with van der Waals surface area (Å²) >= 11 is 0. The second-order valence-electron chi connectivity index (χ2n) is 16.8. The number of amides is 2. The Bertz CT molecular complexity index is 1690. The van der Waals surface area contributed by atoms with Gasteiger partial charge in [0.15, 0.2) is 0 Å². The van der Waals surface area contributed by atoms with Gasteiger partial charge in [0.05, 0.1) is 11.1 Å². The van der Waals surface area contributed by atoms with Crippen LogP contribution >= 0.6 is 0 Å². The number of hydrogen-bond acceptors (Lipinski definition) is 4. The first-order chi connectivity index (χ1) is 23.7. The van der Waals surface area contributed by atoms with Crippen LogP contribution < -0.4 is 0 Å². The fourth-order valence-electron chi connectivity index (χ4n) is 7.48. The third-order valence-corrected chi connectivity index (χ3v) is 9.63. The molecule has 2 spiro atoms. The van der Waals surface area contributed by atoms with Crippen LogP contribution in [0.1, 0.15) is 89.5 Å². The van der Waals surface area contributed by atoms with Crippen molar-refractivity contribution in [2.75, 3.05) is 26.2 Å². The van der Waals surface area contributed by atoms with E-state index in [9.17, 15) is 44.7 Å². The van der Waals surface area contributed by atoms with E-state index in [2.05, 4.69) is 0 Å². The van der Waals surface area contributed by atoms with E-state index in [0.717, 1.165) is 36.6 Å². The Morgan fingerprint density at radius 3 is 1.58 bits per heavy atom. The van der Waals surface area contributed by atoms with E-state index in [0.29, 0.717) is 63.1 Å². The van der Waals surface area contributed by atoms with E-state index >= 15 is 0 Å². The molecule has 6 rings (SSSR count). The number of halogens is 8. The van der Waals surface area contributed by atoms with Crippen molar-refractivity contribution in [3.05, 3.63) is 75.9 Å². The van der Waals surface area contributed by atoms with Crippen LogP contribution in [0.3, 0.4) is 0 Å². The van der Waals surface area contributed by atoms with Crippen LogP contribution in [0.5, 0.6) is 0 Å². The first kappa shape index (κ1) is 39.4. The molecule has 0 atom stereocenters. The molecular formula is C38H44F8N2O4. The molecule has 52 heavy (non-hydrogen) atoms. The van der Waals surface area contributed by atoms with Gasteiger partial charge in [-0.25, -0.2) is 18.4 Å². The van der Waals surface area contributed by atoms with E-state index < -0.39 is 46.3 Å². The summed E-state index contributed by atoms with van der Waals surface area (Å²) in [5.41, 5.74) is -1.48. The maximum absolute atomic E-state index is 13.9. The Kier molecular flexibility index (Phi) is 10.2. The molecule has 6 nitrogen and oxygen atoms in total. The first-order valence-electron chi connectivity index (χ1n) is 17.1. The Morgan fingerprint density at radius 1 is 0.712 bits per heavy atom. The summed E-state index contributed by atoms with van der Waals surface area (Å²) < 4.78 is 114. The highest BCUT2D eigenvalue weighted by molar-refractivity contribution is 5.70. The number of carbonyl (C=O) groups is 2. The Hall–Kier alpha value is -3.84. The molecule has 0 unspecified atom stereocenters. The highest BCUT2D eigenvalue weighted by Crippen LogP contribution is 2.54. The van der Waals surface area contributed by atoms with Gasteiger partial charge in [0.25, 0.3) is 0 Å². The monoisotopic (exact) mass is 744 g/mol. The van der Waals surface area contributed by atoms with E-state index in [-0.39, 0.29) is 34.5 Å².